The minimum atomic E-state index is 0.00747. The Morgan fingerprint density at radius 3 is 3.00 bits per heavy atom. The summed E-state index contributed by atoms with van der Waals surface area (Å²) in [6.45, 7) is 2.91. The Morgan fingerprint density at radius 2 is 2.22 bits per heavy atom. The zero-order chi connectivity index (χ0) is 16.4. The van der Waals surface area contributed by atoms with Gasteiger partial charge >= 0.3 is 0 Å². The van der Waals surface area contributed by atoms with Crippen molar-refractivity contribution in [1.29, 1.82) is 0 Å². The van der Waals surface area contributed by atoms with Gasteiger partial charge in [0, 0.05) is 18.4 Å². The average molecular weight is 350 g/mol. The molecule has 0 bridgehead atoms. The molecule has 0 radical (unpaired) electrons. The smallest absolute Gasteiger partial charge is 0.246 e. The maximum atomic E-state index is 12.6. The maximum absolute atomic E-state index is 12.6. The Kier molecular flexibility index (Phi) is 4.74. The number of amides is 1. The SMILES string of the molecule is Cc1cccc2c1N(C(=O)CNc1ncc(Cl)cc1Cl)CCC2. The largest absolute Gasteiger partial charge is 0.360 e. The van der Waals surface area contributed by atoms with Gasteiger partial charge in [0.25, 0.3) is 0 Å². The van der Waals surface area contributed by atoms with Crippen LogP contribution in [0.2, 0.25) is 10.0 Å². The molecule has 0 spiro atoms. The zero-order valence-electron chi connectivity index (χ0n) is 12.8. The number of pyridine rings is 1. The van der Waals surface area contributed by atoms with Crippen molar-refractivity contribution < 1.29 is 4.79 Å². The van der Waals surface area contributed by atoms with Crippen LogP contribution in [0.25, 0.3) is 0 Å². The van der Waals surface area contributed by atoms with Crippen molar-refractivity contribution in [3.05, 3.63) is 51.6 Å². The second-order valence-corrected chi connectivity index (χ2v) is 6.41. The van der Waals surface area contributed by atoms with Gasteiger partial charge in [0.15, 0.2) is 0 Å². The molecule has 0 aliphatic carbocycles. The van der Waals surface area contributed by atoms with Crippen molar-refractivity contribution in [1.82, 2.24) is 4.98 Å². The summed E-state index contributed by atoms with van der Waals surface area (Å²) in [6, 6.07) is 7.77. The number of rotatable bonds is 3. The molecule has 1 N–H and O–H groups in total. The van der Waals surface area contributed by atoms with Gasteiger partial charge in [-0.3, -0.25) is 4.79 Å². The van der Waals surface area contributed by atoms with E-state index in [1.807, 2.05) is 24.0 Å². The monoisotopic (exact) mass is 349 g/mol. The van der Waals surface area contributed by atoms with E-state index in [1.54, 1.807) is 6.07 Å². The van der Waals surface area contributed by atoms with Crippen LogP contribution in [0.4, 0.5) is 11.5 Å². The van der Waals surface area contributed by atoms with E-state index in [1.165, 1.54) is 11.8 Å². The number of anilines is 2. The predicted molar refractivity (Wildman–Crippen MR) is 94.6 cm³/mol. The minimum absolute atomic E-state index is 0.00747. The van der Waals surface area contributed by atoms with Crippen LogP contribution in [0.5, 0.6) is 0 Å². The van der Waals surface area contributed by atoms with Gasteiger partial charge in [0.1, 0.15) is 5.82 Å². The van der Waals surface area contributed by atoms with Crippen LogP contribution in [0, 0.1) is 6.92 Å². The number of carbonyl (C=O) groups is 1. The first-order valence-corrected chi connectivity index (χ1v) is 8.25. The fourth-order valence-corrected chi connectivity index (χ4v) is 3.34. The number of para-hydroxylation sites is 1. The topological polar surface area (TPSA) is 45.2 Å². The number of hydrogen-bond acceptors (Lipinski definition) is 3. The van der Waals surface area contributed by atoms with Crippen molar-refractivity contribution in [3.63, 3.8) is 0 Å². The number of aromatic nitrogens is 1. The molecule has 0 fully saturated rings. The second kappa shape index (κ2) is 6.77. The predicted octanol–water partition coefficient (Wildman–Crippen LogP) is 4.09. The Labute approximate surface area is 145 Å². The van der Waals surface area contributed by atoms with E-state index in [2.05, 4.69) is 16.4 Å². The molecule has 0 saturated heterocycles. The molecule has 1 aromatic carbocycles. The first-order chi connectivity index (χ1) is 11.1. The lowest BCUT2D eigenvalue weighted by Gasteiger charge is -2.31. The summed E-state index contributed by atoms with van der Waals surface area (Å²) in [7, 11) is 0. The highest BCUT2D eigenvalue weighted by atomic mass is 35.5. The highest BCUT2D eigenvalue weighted by Gasteiger charge is 2.23. The van der Waals surface area contributed by atoms with Gasteiger partial charge in [0.2, 0.25) is 5.91 Å². The molecule has 1 aliphatic rings. The number of carbonyl (C=O) groups excluding carboxylic acids is 1. The van der Waals surface area contributed by atoms with Gasteiger partial charge in [0.05, 0.1) is 16.6 Å². The highest BCUT2D eigenvalue weighted by molar-refractivity contribution is 6.36. The molecule has 1 aromatic heterocycles. The van der Waals surface area contributed by atoms with Crippen molar-refractivity contribution >= 4 is 40.6 Å². The number of halogens is 2. The highest BCUT2D eigenvalue weighted by Crippen LogP contribution is 2.30. The first-order valence-electron chi connectivity index (χ1n) is 7.50. The van der Waals surface area contributed by atoms with E-state index in [0.717, 1.165) is 30.6 Å². The number of nitrogens with zero attached hydrogens (tertiary/aromatic N) is 2. The normalized spacial score (nSPS) is 13.6. The summed E-state index contributed by atoms with van der Waals surface area (Å²) < 4.78 is 0. The van der Waals surface area contributed by atoms with Crippen LogP contribution in [0.1, 0.15) is 17.5 Å². The molecule has 120 valence electrons. The molecule has 0 saturated carbocycles. The van der Waals surface area contributed by atoms with Crippen LogP contribution in [-0.4, -0.2) is 24.0 Å². The van der Waals surface area contributed by atoms with Gasteiger partial charge in [-0.1, -0.05) is 41.4 Å². The summed E-state index contributed by atoms with van der Waals surface area (Å²) in [4.78, 5) is 18.6. The quantitative estimate of drug-likeness (QED) is 0.907. The Balaban J connectivity index is 1.75. The van der Waals surface area contributed by atoms with E-state index in [0.29, 0.717) is 15.9 Å². The first kappa shape index (κ1) is 16.1. The Bertz CT molecular complexity index is 749. The van der Waals surface area contributed by atoms with Crippen LogP contribution in [0.3, 0.4) is 0 Å². The van der Waals surface area contributed by atoms with Gasteiger partial charge in [-0.15, -0.1) is 0 Å². The lowest BCUT2D eigenvalue weighted by atomic mass is 9.98. The molecule has 2 heterocycles. The third kappa shape index (κ3) is 3.43. The lowest BCUT2D eigenvalue weighted by molar-refractivity contribution is -0.117. The van der Waals surface area contributed by atoms with Crippen LogP contribution in [-0.2, 0) is 11.2 Å². The summed E-state index contributed by atoms with van der Waals surface area (Å²) >= 11 is 11.9. The molecule has 4 nitrogen and oxygen atoms in total. The van der Waals surface area contributed by atoms with E-state index >= 15 is 0 Å². The van der Waals surface area contributed by atoms with E-state index in [9.17, 15) is 4.79 Å². The van der Waals surface area contributed by atoms with Crippen molar-refractivity contribution in [2.45, 2.75) is 19.8 Å². The standard InChI is InChI=1S/C17H17Cl2N3O/c1-11-4-2-5-12-6-3-7-22(16(11)12)15(23)10-21-17-14(19)8-13(18)9-20-17/h2,4-5,8-9H,3,6-7,10H2,1H3,(H,20,21). The molecule has 23 heavy (non-hydrogen) atoms. The molecular weight excluding hydrogens is 333 g/mol. The molecule has 2 aromatic rings. The molecule has 0 unspecified atom stereocenters. The number of fused-ring (bicyclic) bond motifs is 1. The Hall–Kier alpha value is -1.78. The second-order valence-electron chi connectivity index (χ2n) is 5.57. The number of hydrogen-bond donors (Lipinski definition) is 1. The van der Waals surface area contributed by atoms with Gasteiger partial charge in [-0.2, -0.15) is 0 Å². The van der Waals surface area contributed by atoms with Gasteiger partial charge in [-0.05, 0) is 37.0 Å². The van der Waals surface area contributed by atoms with E-state index in [-0.39, 0.29) is 12.5 Å². The fourth-order valence-electron chi connectivity index (χ4n) is 2.90. The molecule has 1 aliphatic heterocycles. The van der Waals surface area contributed by atoms with Gasteiger partial charge < -0.3 is 10.2 Å². The molecule has 1 amide bonds. The fraction of sp³-hybridized carbons (Fsp3) is 0.294. The van der Waals surface area contributed by atoms with E-state index < -0.39 is 0 Å². The average Bonchev–Trinajstić information content (AvgIpc) is 2.53. The van der Waals surface area contributed by atoms with Crippen LogP contribution >= 0.6 is 23.2 Å². The molecule has 6 heteroatoms. The molecular formula is C17H17Cl2N3O. The third-order valence-corrected chi connectivity index (χ3v) is 4.43. The Morgan fingerprint density at radius 1 is 1.39 bits per heavy atom. The summed E-state index contributed by atoms with van der Waals surface area (Å²) in [5.41, 5.74) is 3.39. The third-order valence-electron chi connectivity index (χ3n) is 3.93. The van der Waals surface area contributed by atoms with Crippen molar-refractivity contribution in [3.8, 4) is 0 Å². The lowest BCUT2D eigenvalue weighted by Crippen LogP contribution is -2.39. The number of benzene rings is 1. The van der Waals surface area contributed by atoms with Crippen molar-refractivity contribution in [2.75, 3.05) is 23.3 Å². The van der Waals surface area contributed by atoms with Crippen LogP contribution < -0.4 is 10.2 Å². The summed E-state index contributed by atoms with van der Waals surface area (Å²) in [5.74, 6) is 0.472. The summed E-state index contributed by atoms with van der Waals surface area (Å²) in [5, 5.41) is 3.86. The van der Waals surface area contributed by atoms with Crippen LogP contribution in [0.15, 0.2) is 30.5 Å². The van der Waals surface area contributed by atoms with Crippen molar-refractivity contribution in [2.24, 2.45) is 0 Å². The number of aryl methyl sites for hydroxylation is 2. The summed E-state index contributed by atoms with van der Waals surface area (Å²) in [6.07, 6.45) is 3.49. The molecule has 3 rings (SSSR count). The zero-order valence-corrected chi connectivity index (χ0v) is 14.3. The molecule has 0 atom stereocenters. The van der Waals surface area contributed by atoms with E-state index in [4.69, 9.17) is 23.2 Å². The maximum Gasteiger partial charge on any atom is 0.246 e. The number of nitrogens with one attached hydrogen (secondary N) is 1. The minimum Gasteiger partial charge on any atom is -0.360 e. The van der Waals surface area contributed by atoms with Gasteiger partial charge in [-0.25, -0.2) is 4.98 Å².